The molecule has 0 bridgehead atoms. The van der Waals surface area contributed by atoms with Crippen LogP contribution in [0.3, 0.4) is 0 Å². The highest BCUT2D eigenvalue weighted by Gasteiger charge is 2.35. The molecule has 2 aromatic heterocycles. The summed E-state index contributed by atoms with van der Waals surface area (Å²) in [6, 6.07) is 17.9. The number of hydrogen-bond donors (Lipinski definition) is 0. The van der Waals surface area contributed by atoms with E-state index < -0.39 is 17.6 Å². The summed E-state index contributed by atoms with van der Waals surface area (Å²) in [7, 11) is 1.77. The van der Waals surface area contributed by atoms with Gasteiger partial charge in [-0.2, -0.15) is 5.26 Å². The lowest BCUT2D eigenvalue weighted by Crippen LogP contribution is -2.45. The molecule has 1 aliphatic heterocycles. The number of carbonyl (C=O) groups excluding carboxylic acids is 3. The minimum Gasteiger partial charge on any atom is -0.444 e. The Balaban J connectivity index is 1.28. The third-order valence-electron chi connectivity index (χ3n) is 8.35. The standard InChI is InChI=1S/C36H33ClN6O5/c1-20-13-30-29(18-42(20)35(46)48-36(3,4)5)39-32(41(30)6)34(45)43(37)25-10-7-9-23(16-25)26-11-8-12-27(21(26)2)33-40-28-15-22(19-44)14-24(17-38)31(28)47-33/h7-12,14-16,19-20H,13,18H2,1-6H3. The highest BCUT2D eigenvalue weighted by Crippen LogP contribution is 2.36. The number of amides is 2. The van der Waals surface area contributed by atoms with Crippen molar-refractivity contribution in [2.75, 3.05) is 4.42 Å². The van der Waals surface area contributed by atoms with Gasteiger partial charge in [0.1, 0.15) is 23.5 Å². The van der Waals surface area contributed by atoms with Crippen LogP contribution in [0.4, 0.5) is 10.5 Å². The number of anilines is 1. The van der Waals surface area contributed by atoms with Crippen LogP contribution in [0.15, 0.2) is 59.0 Å². The number of benzene rings is 3. The normalized spacial score (nSPS) is 14.4. The van der Waals surface area contributed by atoms with Crippen molar-refractivity contribution < 1.29 is 23.5 Å². The number of rotatable bonds is 5. The van der Waals surface area contributed by atoms with Crippen molar-refractivity contribution in [3.63, 3.8) is 0 Å². The van der Waals surface area contributed by atoms with Gasteiger partial charge in [-0.3, -0.25) is 14.5 Å². The molecule has 0 radical (unpaired) electrons. The highest BCUT2D eigenvalue weighted by molar-refractivity contribution is 6.38. The van der Waals surface area contributed by atoms with Crippen LogP contribution >= 0.6 is 11.8 Å². The van der Waals surface area contributed by atoms with Gasteiger partial charge in [-0.1, -0.05) is 24.3 Å². The number of aldehydes is 1. The fourth-order valence-corrected chi connectivity index (χ4v) is 6.12. The van der Waals surface area contributed by atoms with Gasteiger partial charge in [0.15, 0.2) is 5.58 Å². The number of hydrogen-bond acceptors (Lipinski definition) is 8. The number of nitriles is 1. The van der Waals surface area contributed by atoms with Gasteiger partial charge in [0.2, 0.25) is 11.7 Å². The molecule has 6 rings (SSSR count). The maximum Gasteiger partial charge on any atom is 0.410 e. The summed E-state index contributed by atoms with van der Waals surface area (Å²) in [4.78, 5) is 48.8. The lowest BCUT2D eigenvalue weighted by Gasteiger charge is -2.34. The number of halogens is 1. The molecule has 11 nitrogen and oxygen atoms in total. The molecule has 3 aromatic carbocycles. The van der Waals surface area contributed by atoms with Crippen molar-refractivity contribution in [1.82, 2.24) is 19.4 Å². The van der Waals surface area contributed by atoms with Crippen LogP contribution in [-0.4, -0.2) is 49.4 Å². The van der Waals surface area contributed by atoms with Crippen LogP contribution in [0.25, 0.3) is 33.7 Å². The summed E-state index contributed by atoms with van der Waals surface area (Å²) >= 11 is 6.70. The van der Waals surface area contributed by atoms with Crippen LogP contribution in [0, 0.1) is 18.3 Å². The summed E-state index contributed by atoms with van der Waals surface area (Å²) in [5.41, 5.74) is 5.78. The Kier molecular flexibility index (Phi) is 8.31. The predicted octanol–water partition coefficient (Wildman–Crippen LogP) is 7.37. The first kappa shape index (κ1) is 32.5. The second-order valence-electron chi connectivity index (χ2n) is 12.8. The molecule has 1 unspecified atom stereocenters. The largest absolute Gasteiger partial charge is 0.444 e. The van der Waals surface area contributed by atoms with Crippen LogP contribution < -0.4 is 4.42 Å². The Labute approximate surface area is 282 Å². The SMILES string of the molecule is Cc1c(-c2cccc(N(Cl)C(=O)c3nc4c(n3C)CC(C)N(C(=O)OC(C)(C)C)C4)c2)cccc1-c1nc2cc(C=O)cc(C#N)c2o1. The monoisotopic (exact) mass is 664 g/mol. The number of imidazole rings is 1. The van der Waals surface area contributed by atoms with E-state index in [0.29, 0.717) is 52.2 Å². The number of carbonyl (C=O) groups is 3. The van der Waals surface area contributed by atoms with Crippen LogP contribution in [0.5, 0.6) is 0 Å². The van der Waals surface area contributed by atoms with E-state index in [0.717, 1.165) is 26.8 Å². The zero-order chi connectivity index (χ0) is 34.5. The summed E-state index contributed by atoms with van der Waals surface area (Å²) in [5.74, 6) is -0.0446. The average Bonchev–Trinajstić information content (AvgIpc) is 3.63. The van der Waals surface area contributed by atoms with E-state index >= 15 is 0 Å². The van der Waals surface area contributed by atoms with Gasteiger partial charge in [-0.05, 0) is 81.6 Å². The molecule has 0 saturated heterocycles. The van der Waals surface area contributed by atoms with Gasteiger partial charge in [0, 0.05) is 48.1 Å². The summed E-state index contributed by atoms with van der Waals surface area (Å²) < 4.78 is 14.4. The maximum absolute atomic E-state index is 13.7. The van der Waals surface area contributed by atoms with Gasteiger partial charge in [-0.15, -0.1) is 0 Å². The van der Waals surface area contributed by atoms with Crippen molar-refractivity contribution in [3.8, 4) is 28.7 Å². The molecule has 0 fully saturated rings. The van der Waals surface area contributed by atoms with E-state index in [9.17, 15) is 19.6 Å². The molecule has 1 atom stereocenters. The van der Waals surface area contributed by atoms with Crippen molar-refractivity contribution in [2.45, 2.75) is 59.2 Å². The molecule has 1 aliphatic rings. The first-order valence-electron chi connectivity index (χ1n) is 15.3. The van der Waals surface area contributed by atoms with Crippen molar-refractivity contribution in [2.24, 2.45) is 7.05 Å². The lowest BCUT2D eigenvalue weighted by atomic mass is 9.96. The minimum atomic E-state index is -0.634. The number of aromatic nitrogens is 3. The molecule has 0 N–H and O–H groups in total. The molecule has 2 amide bonds. The Morgan fingerprint density at radius 3 is 2.56 bits per heavy atom. The van der Waals surface area contributed by atoms with E-state index in [-0.39, 0.29) is 24.0 Å². The smallest absolute Gasteiger partial charge is 0.410 e. The molecular weight excluding hydrogens is 632 g/mol. The Hall–Kier alpha value is -5.47. The fourth-order valence-electron chi connectivity index (χ4n) is 5.94. The molecule has 5 aromatic rings. The summed E-state index contributed by atoms with van der Waals surface area (Å²) in [6.07, 6.45) is 0.750. The first-order valence-corrected chi connectivity index (χ1v) is 15.7. The third-order valence-corrected chi connectivity index (χ3v) is 8.70. The molecule has 12 heteroatoms. The van der Waals surface area contributed by atoms with E-state index in [2.05, 4.69) is 16.0 Å². The highest BCUT2D eigenvalue weighted by atomic mass is 35.5. The van der Waals surface area contributed by atoms with Crippen molar-refractivity contribution in [3.05, 3.63) is 88.5 Å². The zero-order valence-electron chi connectivity index (χ0n) is 27.4. The lowest BCUT2D eigenvalue weighted by molar-refractivity contribution is 0.0133. The van der Waals surface area contributed by atoms with E-state index in [1.807, 2.05) is 71.0 Å². The number of nitrogens with zero attached hydrogens (tertiary/aromatic N) is 6. The van der Waals surface area contributed by atoms with Gasteiger partial charge >= 0.3 is 12.0 Å². The quantitative estimate of drug-likeness (QED) is 0.140. The second-order valence-corrected chi connectivity index (χ2v) is 13.2. The molecular formula is C36H33ClN6O5. The second kappa shape index (κ2) is 12.3. The molecule has 244 valence electrons. The van der Waals surface area contributed by atoms with E-state index in [4.69, 9.17) is 20.9 Å². The Morgan fingerprint density at radius 1 is 1.12 bits per heavy atom. The van der Waals surface area contributed by atoms with Crippen molar-refractivity contribution >= 4 is 46.9 Å². The third kappa shape index (κ3) is 5.91. The topological polar surface area (TPSA) is 135 Å². The molecule has 3 heterocycles. The van der Waals surface area contributed by atoms with Crippen molar-refractivity contribution in [1.29, 1.82) is 5.26 Å². The van der Waals surface area contributed by atoms with E-state index in [1.54, 1.807) is 28.6 Å². The fraction of sp³-hybridized carbons (Fsp3) is 0.278. The molecule has 48 heavy (non-hydrogen) atoms. The Bertz CT molecular complexity index is 2150. The number of ether oxygens (including phenoxy) is 1. The summed E-state index contributed by atoms with van der Waals surface area (Å²) in [6.45, 7) is 9.55. The van der Waals surface area contributed by atoms with Gasteiger partial charge in [-0.25, -0.2) is 19.2 Å². The number of oxazole rings is 1. The molecule has 0 spiro atoms. The van der Waals surface area contributed by atoms with Gasteiger partial charge in [0.25, 0.3) is 0 Å². The molecule has 0 saturated carbocycles. The first-order chi connectivity index (χ1) is 22.8. The van der Waals surface area contributed by atoms with E-state index in [1.165, 1.54) is 6.07 Å². The molecule has 0 aliphatic carbocycles. The summed E-state index contributed by atoms with van der Waals surface area (Å²) in [5, 5.41) is 9.58. The maximum atomic E-state index is 13.7. The minimum absolute atomic E-state index is 0.148. The average molecular weight is 665 g/mol. The van der Waals surface area contributed by atoms with Crippen LogP contribution in [0.2, 0.25) is 0 Å². The Morgan fingerprint density at radius 2 is 1.85 bits per heavy atom. The predicted molar refractivity (Wildman–Crippen MR) is 181 cm³/mol. The van der Waals surface area contributed by atoms with Gasteiger partial charge in [0.05, 0.1) is 23.5 Å². The number of fused-ring (bicyclic) bond motifs is 2. The zero-order valence-corrected chi connectivity index (χ0v) is 28.1. The van der Waals surface area contributed by atoms with Crippen LogP contribution in [0.1, 0.15) is 71.2 Å². The van der Waals surface area contributed by atoms with Crippen LogP contribution in [-0.2, 0) is 24.8 Å². The van der Waals surface area contributed by atoms with Gasteiger partial charge < -0.3 is 13.7 Å².